The lowest BCUT2D eigenvalue weighted by molar-refractivity contribution is 0.0290. The van der Waals surface area contributed by atoms with E-state index in [0.717, 1.165) is 5.56 Å². The Morgan fingerprint density at radius 1 is 1.15 bits per heavy atom. The molecule has 13 heteroatoms. The molecule has 206 valence electrons. The van der Waals surface area contributed by atoms with Gasteiger partial charge < -0.3 is 24.2 Å². The van der Waals surface area contributed by atoms with Crippen molar-refractivity contribution in [3.63, 3.8) is 0 Å². The Morgan fingerprint density at radius 3 is 2.80 bits per heavy atom. The number of carbonyl (C=O) groups is 2. The summed E-state index contributed by atoms with van der Waals surface area (Å²) in [6.45, 7) is 5.42. The molecule has 0 aliphatic carbocycles. The van der Waals surface area contributed by atoms with Crippen LogP contribution in [0.4, 0.5) is 0 Å². The number of aromatic nitrogens is 6. The summed E-state index contributed by atoms with van der Waals surface area (Å²) >= 11 is 0. The fraction of sp³-hybridized carbons (Fsp3) is 0.370. The van der Waals surface area contributed by atoms with Crippen LogP contribution in [0.5, 0.6) is 5.75 Å². The van der Waals surface area contributed by atoms with Gasteiger partial charge in [0.15, 0.2) is 11.4 Å². The molecule has 5 heterocycles. The molecule has 4 aromatic rings. The van der Waals surface area contributed by atoms with E-state index in [4.69, 9.17) is 14.0 Å². The fourth-order valence-electron chi connectivity index (χ4n) is 4.65. The maximum absolute atomic E-state index is 13.5. The smallest absolute Gasteiger partial charge is 0.274 e. The van der Waals surface area contributed by atoms with Gasteiger partial charge in [0.05, 0.1) is 31.5 Å². The lowest BCUT2D eigenvalue weighted by atomic mass is 10.1. The summed E-state index contributed by atoms with van der Waals surface area (Å²) < 4.78 is 18.9. The summed E-state index contributed by atoms with van der Waals surface area (Å²) in [5.74, 6) is 0.930. The zero-order chi connectivity index (χ0) is 27.6. The number of nitrogens with zero attached hydrogens (tertiary/aromatic N) is 7. The molecular formula is C27H28N8O5. The van der Waals surface area contributed by atoms with Gasteiger partial charge in [0.1, 0.15) is 12.3 Å². The van der Waals surface area contributed by atoms with E-state index in [-0.39, 0.29) is 43.8 Å². The highest BCUT2D eigenvalue weighted by Gasteiger charge is 2.38. The number of nitrogens with one attached hydrogen (secondary N) is 1. The van der Waals surface area contributed by atoms with Gasteiger partial charge in [0.25, 0.3) is 11.8 Å². The van der Waals surface area contributed by atoms with E-state index in [1.54, 1.807) is 52.2 Å². The minimum atomic E-state index is -0.475. The third-order valence-electron chi connectivity index (χ3n) is 6.79. The van der Waals surface area contributed by atoms with Gasteiger partial charge in [0.2, 0.25) is 11.7 Å². The Balaban J connectivity index is 1.21. The number of hydrogen-bond donors (Lipinski definition) is 1. The number of benzene rings is 1. The Morgan fingerprint density at radius 2 is 2.00 bits per heavy atom. The first-order chi connectivity index (χ1) is 19.4. The lowest BCUT2D eigenvalue weighted by Gasteiger charge is -2.20. The quantitative estimate of drug-likeness (QED) is 0.406. The van der Waals surface area contributed by atoms with Gasteiger partial charge in [-0.3, -0.25) is 9.59 Å². The van der Waals surface area contributed by atoms with Crippen molar-refractivity contribution in [2.45, 2.75) is 45.1 Å². The van der Waals surface area contributed by atoms with Crippen molar-refractivity contribution in [2.75, 3.05) is 19.7 Å². The largest absolute Gasteiger partial charge is 0.489 e. The molecule has 3 aromatic heterocycles. The number of pyridine rings is 1. The summed E-state index contributed by atoms with van der Waals surface area (Å²) in [7, 11) is 0. The van der Waals surface area contributed by atoms with Crippen molar-refractivity contribution < 1.29 is 23.6 Å². The molecule has 0 spiro atoms. The molecule has 1 aromatic carbocycles. The Bertz CT molecular complexity index is 1520. The van der Waals surface area contributed by atoms with Crippen LogP contribution in [0, 0.1) is 0 Å². The molecule has 0 radical (unpaired) electrons. The van der Waals surface area contributed by atoms with E-state index in [2.05, 4.69) is 30.8 Å². The molecule has 2 bridgehead atoms. The first-order valence-electron chi connectivity index (χ1n) is 13.1. The van der Waals surface area contributed by atoms with Crippen LogP contribution in [0.1, 0.15) is 52.2 Å². The molecular weight excluding hydrogens is 516 g/mol. The van der Waals surface area contributed by atoms with Gasteiger partial charge in [-0.2, -0.15) is 4.98 Å². The predicted octanol–water partition coefficient (Wildman–Crippen LogP) is 2.08. The number of ether oxygens (including phenoxy) is 2. The monoisotopic (exact) mass is 544 g/mol. The number of amides is 2. The summed E-state index contributed by atoms with van der Waals surface area (Å²) in [5, 5.41) is 15.3. The van der Waals surface area contributed by atoms with E-state index >= 15 is 0 Å². The molecule has 2 aliphatic heterocycles. The summed E-state index contributed by atoms with van der Waals surface area (Å²) in [4.78, 5) is 37.0. The van der Waals surface area contributed by atoms with E-state index < -0.39 is 18.1 Å². The molecule has 2 atom stereocenters. The maximum Gasteiger partial charge on any atom is 0.274 e. The fourth-order valence-corrected chi connectivity index (χ4v) is 4.65. The molecule has 2 amide bonds. The van der Waals surface area contributed by atoms with E-state index in [1.807, 2.05) is 13.8 Å². The second-order valence-corrected chi connectivity index (χ2v) is 10.00. The minimum absolute atomic E-state index is 0.122. The normalized spacial score (nSPS) is 19.4. The maximum atomic E-state index is 13.5. The Hall–Kier alpha value is -4.65. The lowest BCUT2D eigenvalue weighted by Crippen LogP contribution is -2.44. The molecule has 1 fully saturated rings. The number of hydrogen-bond acceptors (Lipinski definition) is 10. The van der Waals surface area contributed by atoms with E-state index in [1.165, 1.54) is 6.20 Å². The molecule has 6 rings (SSSR count). The minimum Gasteiger partial charge on any atom is -0.489 e. The summed E-state index contributed by atoms with van der Waals surface area (Å²) in [6, 6.07) is 9.97. The molecule has 0 unspecified atom stereocenters. The Labute approximate surface area is 229 Å². The third kappa shape index (κ3) is 5.27. The summed E-state index contributed by atoms with van der Waals surface area (Å²) in [6.07, 6.45) is 2.86. The first kappa shape index (κ1) is 25.6. The zero-order valence-electron chi connectivity index (χ0n) is 22.1. The van der Waals surface area contributed by atoms with Crippen molar-refractivity contribution in [3.05, 3.63) is 71.6 Å². The van der Waals surface area contributed by atoms with Gasteiger partial charge in [-0.05, 0) is 24.3 Å². The van der Waals surface area contributed by atoms with Crippen molar-refractivity contribution in [1.82, 2.24) is 40.3 Å². The van der Waals surface area contributed by atoms with Crippen molar-refractivity contribution in [1.29, 1.82) is 0 Å². The van der Waals surface area contributed by atoms with E-state index in [0.29, 0.717) is 35.3 Å². The summed E-state index contributed by atoms with van der Waals surface area (Å²) in [5.41, 5.74) is 2.06. The predicted molar refractivity (Wildman–Crippen MR) is 139 cm³/mol. The number of likely N-dealkylation sites (tertiary alicyclic amines) is 1. The molecule has 13 nitrogen and oxygen atoms in total. The van der Waals surface area contributed by atoms with Crippen LogP contribution in [-0.4, -0.2) is 78.7 Å². The molecule has 0 saturated carbocycles. The van der Waals surface area contributed by atoms with Gasteiger partial charge >= 0.3 is 0 Å². The zero-order valence-corrected chi connectivity index (χ0v) is 22.1. The van der Waals surface area contributed by atoms with Gasteiger partial charge in [-0.1, -0.05) is 36.4 Å². The highest BCUT2D eigenvalue weighted by molar-refractivity contribution is 5.96. The highest BCUT2D eigenvalue weighted by Crippen LogP contribution is 2.23. The molecule has 40 heavy (non-hydrogen) atoms. The van der Waals surface area contributed by atoms with Crippen molar-refractivity contribution in [2.24, 2.45) is 0 Å². The number of carbonyl (C=O) groups excluding carboxylic acids is 2. The van der Waals surface area contributed by atoms with Crippen LogP contribution in [0.25, 0.3) is 11.4 Å². The highest BCUT2D eigenvalue weighted by atomic mass is 16.5. The SMILES string of the molecule is CC(C)c1nc(-c2ccc(C(=O)N3C[C@@H]4NC(=O)c5ncccc5OCCn5cc(nn5)CO[C@H]4C3)cc2)no1. The standard InChI is InChI=1S/C27H28N8O5/c1-16(2)26-30-24(32-40-26)17-5-7-18(8-6-17)27(37)34-13-20-22(14-34)39-15-19-12-35(33-31-19)10-11-38-21-4-3-9-28-23(21)25(36)29-20/h3-9,12,16,20,22H,10-11,13-15H2,1-2H3,(H,29,36)/t20-,22-/m0/s1. The van der Waals surface area contributed by atoms with E-state index in [9.17, 15) is 9.59 Å². The average molecular weight is 545 g/mol. The van der Waals surface area contributed by atoms with Crippen LogP contribution in [0.15, 0.2) is 53.3 Å². The second kappa shape index (κ2) is 10.8. The van der Waals surface area contributed by atoms with Crippen LogP contribution in [-0.2, 0) is 17.9 Å². The van der Waals surface area contributed by atoms with Gasteiger partial charge in [-0.15, -0.1) is 5.10 Å². The average Bonchev–Trinajstić information content (AvgIpc) is 3.72. The molecule has 2 aliphatic rings. The topological polar surface area (TPSA) is 150 Å². The van der Waals surface area contributed by atoms with Crippen LogP contribution in [0.2, 0.25) is 0 Å². The van der Waals surface area contributed by atoms with Crippen molar-refractivity contribution in [3.8, 4) is 17.1 Å². The second-order valence-electron chi connectivity index (χ2n) is 10.00. The van der Waals surface area contributed by atoms with Gasteiger partial charge in [-0.25, -0.2) is 9.67 Å². The third-order valence-corrected chi connectivity index (χ3v) is 6.79. The first-order valence-corrected chi connectivity index (χ1v) is 13.1. The molecule has 1 N–H and O–H groups in total. The Kier molecular flexibility index (Phi) is 6.95. The molecule has 1 saturated heterocycles. The van der Waals surface area contributed by atoms with Crippen LogP contribution >= 0.6 is 0 Å². The van der Waals surface area contributed by atoms with Crippen LogP contribution in [0.3, 0.4) is 0 Å². The van der Waals surface area contributed by atoms with Crippen molar-refractivity contribution >= 4 is 11.8 Å². The van der Waals surface area contributed by atoms with Gasteiger partial charge in [0, 0.05) is 36.3 Å². The number of rotatable bonds is 3. The van der Waals surface area contributed by atoms with Crippen LogP contribution < -0.4 is 10.1 Å². The number of fused-ring (bicyclic) bond motifs is 4.